The molecular formula is C16H32IN3O. The van der Waals surface area contributed by atoms with Gasteiger partial charge >= 0.3 is 0 Å². The lowest BCUT2D eigenvalue weighted by Gasteiger charge is -2.36. The number of hydrogen-bond acceptors (Lipinski definition) is 2. The van der Waals surface area contributed by atoms with E-state index < -0.39 is 0 Å². The van der Waals surface area contributed by atoms with E-state index in [0.29, 0.717) is 0 Å². The van der Waals surface area contributed by atoms with Gasteiger partial charge in [0.2, 0.25) is 0 Å². The van der Waals surface area contributed by atoms with E-state index in [9.17, 15) is 0 Å². The van der Waals surface area contributed by atoms with E-state index >= 15 is 0 Å². The van der Waals surface area contributed by atoms with Gasteiger partial charge < -0.3 is 15.4 Å². The largest absolute Gasteiger partial charge is 0.373 e. The first-order chi connectivity index (χ1) is 9.76. The highest BCUT2D eigenvalue weighted by atomic mass is 127. The molecular weight excluding hydrogens is 377 g/mol. The van der Waals surface area contributed by atoms with Gasteiger partial charge in [0.05, 0.1) is 12.1 Å². The van der Waals surface area contributed by atoms with Gasteiger partial charge in [-0.3, -0.25) is 4.99 Å². The Morgan fingerprint density at radius 2 is 1.71 bits per heavy atom. The maximum Gasteiger partial charge on any atom is 0.191 e. The number of halogens is 1. The van der Waals surface area contributed by atoms with Crippen LogP contribution in [0, 0.1) is 0 Å². The molecule has 124 valence electrons. The summed E-state index contributed by atoms with van der Waals surface area (Å²) in [5.41, 5.74) is 6.14. The Morgan fingerprint density at radius 1 is 1.10 bits per heavy atom. The Kier molecular flexibility index (Phi) is 8.94. The zero-order valence-corrected chi connectivity index (χ0v) is 15.8. The molecule has 0 aromatic carbocycles. The van der Waals surface area contributed by atoms with Crippen LogP contribution in [0.2, 0.25) is 0 Å². The number of guanidine groups is 1. The zero-order chi connectivity index (χ0) is 14.3. The molecule has 1 aliphatic carbocycles. The minimum atomic E-state index is -0.0331. The predicted molar refractivity (Wildman–Crippen MR) is 99.4 cm³/mol. The topological polar surface area (TPSA) is 50.9 Å². The fraction of sp³-hybridized carbons (Fsp3) is 0.938. The van der Waals surface area contributed by atoms with Crippen molar-refractivity contribution >= 4 is 29.9 Å². The normalized spacial score (nSPS) is 22.7. The van der Waals surface area contributed by atoms with Crippen LogP contribution in [0.15, 0.2) is 4.99 Å². The number of likely N-dealkylation sites (tertiary alicyclic amines) is 1. The molecule has 0 atom stereocenters. The summed E-state index contributed by atoms with van der Waals surface area (Å²) in [6.45, 7) is 5.90. The van der Waals surface area contributed by atoms with Crippen LogP contribution in [0.3, 0.4) is 0 Å². The molecule has 21 heavy (non-hydrogen) atoms. The molecule has 0 aromatic heterocycles. The molecule has 2 aliphatic rings. The molecule has 2 N–H and O–H groups in total. The Bertz CT molecular complexity index is 311. The number of nitrogens with two attached hydrogens (primary N) is 1. The van der Waals surface area contributed by atoms with Crippen molar-refractivity contribution in [2.24, 2.45) is 10.7 Å². The molecule has 0 amide bonds. The van der Waals surface area contributed by atoms with E-state index in [0.717, 1.165) is 51.5 Å². The maximum absolute atomic E-state index is 6.18. The summed E-state index contributed by atoms with van der Waals surface area (Å²) in [4.78, 5) is 6.93. The summed E-state index contributed by atoms with van der Waals surface area (Å²) in [6.07, 6.45) is 11.0. The van der Waals surface area contributed by atoms with Crippen molar-refractivity contribution in [3.05, 3.63) is 0 Å². The second-order valence-corrected chi connectivity index (χ2v) is 6.31. The quantitative estimate of drug-likeness (QED) is 0.429. The summed E-state index contributed by atoms with van der Waals surface area (Å²) in [6, 6.07) is 0. The van der Waals surface area contributed by atoms with Crippen LogP contribution >= 0.6 is 24.0 Å². The van der Waals surface area contributed by atoms with Crippen LogP contribution in [-0.4, -0.2) is 42.7 Å². The number of rotatable bonds is 5. The number of piperidine rings is 1. The van der Waals surface area contributed by atoms with Crippen LogP contribution in [0.4, 0.5) is 0 Å². The standard InChI is InChI=1S/C16H31N3O.HI/c1-2-13-20-16(9-5-3-6-10-16)14-18-15(17)19-11-7-4-8-12-19;/h2-14H2,1H3,(H2,17,18);1H. The van der Waals surface area contributed by atoms with E-state index in [4.69, 9.17) is 15.5 Å². The molecule has 1 heterocycles. The molecule has 0 radical (unpaired) electrons. The van der Waals surface area contributed by atoms with Gasteiger partial charge in [-0.05, 0) is 38.5 Å². The predicted octanol–water partition coefficient (Wildman–Crippen LogP) is 3.53. The molecule has 5 heteroatoms. The first-order valence-corrected chi connectivity index (χ1v) is 8.45. The lowest BCUT2D eigenvalue weighted by Crippen LogP contribution is -2.43. The number of hydrogen-bond donors (Lipinski definition) is 1. The van der Waals surface area contributed by atoms with Crippen LogP contribution in [0.25, 0.3) is 0 Å². The number of aliphatic imine (C=N–C) groups is 1. The van der Waals surface area contributed by atoms with Crippen molar-refractivity contribution in [1.82, 2.24) is 4.90 Å². The van der Waals surface area contributed by atoms with Crippen LogP contribution in [0.1, 0.15) is 64.7 Å². The molecule has 0 unspecified atom stereocenters. The van der Waals surface area contributed by atoms with Gasteiger partial charge in [-0.2, -0.15) is 0 Å². The Morgan fingerprint density at radius 3 is 2.33 bits per heavy atom. The second kappa shape index (κ2) is 9.87. The van der Waals surface area contributed by atoms with Crippen molar-refractivity contribution < 1.29 is 4.74 Å². The maximum atomic E-state index is 6.18. The third-order valence-electron chi connectivity index (χ3n) is 4.59. The van der Waals surface area contributed by atoms with Gasteiger partial charge in [0.25, 0.3) is 0 Å². The lowest BCUT2D eigenvalue weighted by atomic mass is 9.84. The van der Waals surface area contributed by atoms with E-state index in [-0.39, 0.29) is 29.6 Å². The van der Waals surface area contributed by atoms with Crippen molar-refractivity contribution in [2.75, 3.05) is 26.2 Å². The summed E-state index contributed by atoms with van der Waals surface area (Å²) in [7, 11) is 0. The second-order valence-electron chi connectivity index (χ2n) is 6.31. The first-order valence-electron chi connectivity index (χ1n) is 8.45. The molecule has 0 aromatic rings. The lowest BCUT2D eigenvalue weighted by molar-refractivity contribution is -0.0625. The summed E-state index contributed by atoms with van der Waals surface area (Å²) >= 11 is 0. The van der Waals surface area contributed by atoms with Gasteiger partial charge in [0, 0.05) is 19.7 Å². The highest BCUT2D eigenvalue weighted by molar-refractivity contribution is 14.0. The third-order valence-corrected chi connectivity index (χ3v) is 4.59. The van der Waals surface area contributed by atoms with Crippen molar-refractivity contribution in [1.29, 1.82) is 0 Å². The molecule has 1 saturated carbocycles. The molecule has 4 nitrogen and oxygen atoms in total. The number of ether oxygens (including phenoxy) is 1. The van der Waals surface area contributed by atoms with Gasteiger partial charge in [0.1, 0.15) is 0 Å². The Balaban J connectivity index is 0.00000220. The van der Waals surface area contributed by atoms with E-state index in [1.807, 2.05) is 0 Å². The van der Waals surface area contributed by atoms with Crippen molar-refractivity contribution in [2.45, 2.75) is 70.3 Å². The fourth-order valence-corrected chi connectivity index (χ4v) is 3.31. The van der Waals surface area contributed by atoms with Gasteiger partial charge in [-0.25, -0.2) is 0 Å². The first kappa shape index (κ1) is 19.0. The van der Waals surface area contributed by atoms with Gasteiger partial charge in [0.15, 0.2) is 5.96 Å². The molecule has 0 bridgehead atoms. The van der Waals surface area contributed by atoms with Gasteiger partial charge in [-0.1, -0.05) is 26.2 Å². The van der Waals surface area contributed by atoms with Crippen LogP contribution in [-0.2, 0) is 4.74 Å². The van der Waals surface area contributed by atoms with Crippen molar-refractivity contribution in [3.8, 4) is 0 Å². The molecule has 1 aliphatic heterocycles. The Labute approximate surface area is 146 Å². The molecule has 0 spiro atoms. The van der Waals surface area contributed by atoms with Crippen LogP contribution < -0.4 is 5.73 Å². The smallest absolute Gasteiger partial charge is 0.191 e. The summed E-state index contributed by atoms with van der Waals surface area (Å²) < 4.78 is 6.18. The van der Waals surface area contributed by atoms with Gasteiger partial charge in [-0.15, -0.1) is 24.0 Å². The molecule has 1 saturated heterocycles. The minimum absolute atomic E-state index is 0. The third kappa shape index (κ3) is 5.93. The SMILES string of the molecule is CCCOC1(CN=C(N)N2CCCCC2)CCCCC1.I. The average molecular weight is 409 g/mol. The van der Waals surface area contributed by atoms with E-state index in [1.165, 1.54) is 38.5 Å². The van der Waals surface area contributed by atoms with E-state index in [2.05, 4.69) is 11.8 Å². The van der Waals surface area contributed by atoms with Crippen molar-refractivity contribution in [3.63, 3.8) is 0 Å². The highest BCUT2D eigenvalue weighted by Gasteiger charge is 2.32. The fourth-order valence-electron chi connectivity index (χ4n) is 3.31. The average Bonchev–Trinajstić information content (AvgIpc) is 2.52. The number of nitrogens with zero attached hydrogens (tertiary/aromatic N) is 2. The monoisotopic (exact) mass is 409 g/mol. The summed E-state index contributed by atoms with van der Waals surface area (Å²) in [5.74, 6) is 0.731. The molecule has 2 fully saturated rings. The van der Waals surface area contributed by atoms with E-state index in [1.54, 1.807) is 0 Å². The minimum Gasteiger partial charge on any atom is -0.373 e. The van der Waals surface area contributed by atoms with Crippen LogP contribution in [0.5, 0.6) is 0 Å². The Hall–Kier alpha value is -0.0400. The highest BCUT2D eigenvalue weighted by Crippen LogP contribution is 2.32. The zero-order valence-electron chi connectivity index (χ0n) is 13.5. The summed E-state index contributed by atoms with van der Waals surface area (Å²) in [5, 5.41) is 0. The molecule has 2 rings (SSSR count).